The Morgan fingerprint density at radius 3 is 2.71 bits per heavy atom. The van der Waals surface area contributed by atoms with Crippen molar-refractivity contribution in [3.63, 3.8) is 0 Å². The van der Waals surface area contributed by atoms with E-state index >= 15 is 0 Å². The van der Waals surface area contributed by atoms with Gasteiger partial charge in [-0.05, 0) is 43.2 Å². The molecule has 7 heteroatoms. The molecule has 2 aromatic carbocycles. The maximum absolute atomic E-state index is 12.0. The molecule has 2 heterocycles. The standard InChI is InChI=1S/C21H19N3O3S/c1-13-6-4-5-7-18(13)24-14(2)22-23-21(24)28-12-15-10-20(25)27-19-11-16(26-3)8-9-17(15)19/h4-11H,12H2,1-3H3. The van der Waals surface area contributed by atoms with E-state index in [1.807, 2.05) is 35.8 Å². The van der Waals surface area contributed by atoms with Crippen LogP contribution in [0.3, 0.4) is 0 Å². The number of fused-ring (bicyclic) bond motifs is 1. The van der Waals surface area contributed by atoms with Gasteiger partial charge in [-0.25, -0.2) is 4.79 Å². The third-order valence-corrected chi connectivity index (χ3v) is 5.52. The van der Waals surface area contributed by atoms with E-state index in [0.717, 1.165) is 33.2 Å². The van der Waals surface area contributed by atoms with Gasteiger partial charge in [-0.15, -0.1) is 10.2 Å². The Kier molecular flexibility index (Phi) is 4.92. The maximum atomic E-state index is 12.0. The van der Waals surface area contributed by atoms with Crippen LogP contribution in [0.15, 0.2) is 62.9 Å². The molecule has 142 valence electrons. The second kappa shape index (κ2) is 7.52. The highest BCUT2D eigenvalue weighted by atomic mass is 32.2. The van der Waals surface area contributed by atoms with Crippen LogP contribution < -0.4 is 10.4 Å². The highest BCUT2D eigenvalue weighted by Crippen LogP contribution is 2.30. The normalized spacial score (nSPS) is 11.1. The maximum Gasteiger partial charge on any atom is 0.336 e. The summed E-state index contributed by atoms with van der Waals surface area (Å²) in [7, 11) is 1.58. The Hall–Kier alpha value is -3.06. The zero-order valence-electron chi connectivity index (χ0n) is 15.8. The van der Waals surface area contributed by atoms with Crippen LogP contribution in [0.2, 0.25) is 0 Å². The molecule has 0 unspecified atom stereocenters. The SMILES string of the molecule is COc1ccc2c(CSc3nnc(C)n3-c3ccccc3C)cc(=O)oc2c1. The van der Waals surface area contributed by atoms with E-state index in [-0.39, 0.29) is 5.63 Å². The van der Waals surface area contributed by atoms with Crippen LogP contribution in [0.4, 0.5) is 0 Å². The quantitative estimate of drug-likeness (QED) is 0.372. The molecule has 6 nitrogen and oxygen atoms in total. The number of benzene rings is 2. The summed E-state index contributed by atoms with van der Waals surface area (Å²) in [6, 6.07) is 15.1. The molecule has 0 spiro atoms. The fourth-order valence-corrected chi connectivity index (χ4v) is 4.11. The summed E-state index contributed by atoms with van der Waals surface area (Å²) in [6.07, 6.45) is 0. The van der Waals surface area contributed by atoms with Crippen LogP contribution in [0.5, 0.6) is 5.75 Å². The Balaban J connectivity index is 1.70. The van der Waals surface area contributed by atoms with Gasteiger partial charge in [0.1, 0.15) is 17.2 Å². The number of ether oxygens (including phenoxy) is 1. The summed E-state index contributed by atoms with van der Waals surface area (Å²) in [5.74, 6) is 2.03. The van der Waals surface area contributed by atoms with Crippen LogP contribution in [0.1, 0.15) is 17.0 Å². The molecule has 0 atom stereocenters. The molecule has 0 saturated heterocycles. The van der Waals surface area contributed by atoms with Crippen molar-refractivity contribution in [3.8, 4) is 11.4 Å². The largest absolute Gasteiger partial charge is 0.497 e. The van der Waals surface area contributed by atoms with Gasteiger partial charge in [0.25, 0.3) is 0 Å². The number of aryl methyl sites for hydroxylation is 2. The van der Waals surface area contributed by atoms with Crippen molar-refractivity contribution >= 4 is 22.7 Å². The summed E-state index contributed by atoms with van der Waals surface area (Å²) in [5, 5.41) is 10.2. The van der Waals surface area contributed by atoms with E-state index in [2.05, 4.69) is 29.3 Å². The zero-order valence-corrected chi connectivity index (χ0v) is 16.6. The fraction of sp³-hybridized carbons (Fsp3) is 0.190. The Bertz CT molecular complexity index is 1210. The predicted molar refractivity (Wildman–Crippen MR) is 109 cm³/mol. The predicted octanol–water partition coefficient (Wildman–Crippen LogP) is 4.29. The second-order valence-corrected chi connectivity index (χ2v) is 7.34. The minimum atomic E-state index is -0.382. The van der Waals surface area contributed by atoms with E-state index in [1.165, 1.54) is 17.8 Å². The van der Waals surface area contributed by atoms with E-state index in [9.17, 15) is 4.79 Å². The van der Waals surface area contributed by atoms with Gasteiger partial charge in [0.15, 0.2) is 5.16 Å². The molecule has 0 radical (unpaired) electrons. The van der Waals surface area contributed by atoms with Gasteiger partial charge >= 0.3 is 5.63 Å². The monoisotopic (exact) mass is 393 g/mol. The second-order valence-electron chi connectivity index (χ2n) is 6.39. The molecular formula is C21H19N3O3S. The van der Waals surface area contributed by atoms with E-state index < -0.39 is 0 Å². The minimum Gasteiger partial charge on any atom is -0.497 e. The summed E-state index contributed by atoms with van der Waals surface area (Å²) >= 11 is 1.54. The summed E-state index contributed by atoms with van der Waals surface area (Å²) in [6.45, 7) is 3.99. The van der Waals surface area contributed by atoms with Gasteiger partial charge in [0.05, 0.1) is 12.8 Å². The number of hydrogen-bond donors (Lipinski definition) is 0. The molecule has 0 aliphatic carbocycles. The number of para-hydroxylation sites is 1. The topological polar surface area (TPSA) is 70.2 Å². The number of rotatable bonds is 5. The number of thioether (sulfide) groups is 1. The smallest absolute Gasteiger partial charge is 0.336 e. The molecule has 0 amide bonds. The van der Waals surface area contributed by atoms with Crippen molar-refractivity contribution in [1.82, 2.24) is 14.8 Å². The van der Waals surface area contributed by atoms with Gasteiger partial charge in [-0.2, -0.15) is 0 Å². The molecule has 28 heavy (non-hydrogen) atoms. The number of methoxy groups -OCH3 is 1. The fourth-order valence-electron chi connectivity index (χ4n) is 3.13. The summed E-state index contributed by atoms with van der Waals surface area (Å²) in [4.78, 5) is 12.0. The van der Waals surface area contributed by atoms with E-state index in [0.29, 0.717) is 17.1 Å². The Morgan fingerprint density at radius 2 is 1.93 bits per heavy atom. The molecule has 4 aromatic rings. The molecule has 0 N–H and O–H groups in total. The molecule has 0 fully saturated rings. The minimum absolute atomic E-state index is 0.382. The highest BCUT2D eigenvalue weighted by Gasteiger charge is 2.15. The summed E-state index contributed by atoms with van der Waals surface area (Å²) in [5.41, 5.74) is 3.21. The molecule has 0 bridgehead atoms. The van der Waals surface area contributed by atoms with Gasteiger partial charge in [0, 0.05) is 23.3 Å². The zero-order chi connectivity index (χ0) is 19.7. The molecule has 4 rings (SSSR count). The highest BCUT2D eigenvalue weighted by molar-refractivity contribution is 7.98. The lowest BCUT2D eigenvalue weighted by molar-refractivity contribution is 0.414. The van der Waals surface area contributed by atoms with Gasteiger partial charge < -0.3 is 9.15 Å². The lowest BCUT2D eigenvalue weighted by atomic mass is 10.1. The van der Waals surface area contributed by atoms with Gasteiger partial charge in [-0.3, -0.25) is 4.57 Å². The van der Waals surface area contributed by atoms with Crippen molar-refractivity contribution < 1.29 is 9.15 Å². The van der Waals surface area contributed by atoms with E-state index in [1.54, 1.807) is 13.2 Å². The van der Waals surface area contributed by atoms with Crippen LogP contribution in [-0.4, -0.2) is 21.9 Å². The van der Waals surface area contributed by atoms with Crippen LogP contribution in [0, 0.1) is 13.8 Å². The Morgan fingerprint density at radius 1 is 1.11 bits per heavy atom. The first kappa shape index (κ1) is 18.3. The molecule has 2 aromatic heterocycles. The van der Waals surface area contributed by atoms with Crippen molar-refractivity contribution in [2.45, 2.75) is 24.8 Å². The Labute approximate surface area is 166 Å². The number of hydrogen-bond acceptors (Lipinski definition) is 6. The first-order chi connectivity index (χ1) is 13.6. The molecular weight excluding hydrogens is 374 g/mol. The van der Waals surface area contributed by atoms with Crippen molar-refractivity contribution in [1.29, 1.82) is 0 Å². The first-order valence-corrected chi connectivity index (χ1v) is 9.77. The summed E-state index contributed by atoms with van der Waals surface area (Å²) < 4.78 is 12.6. The van der Waals surface area contributed by atoms with Crippen LogP contribution in [-0.2, 0) is 5.75 Å². The van der Waals surface area contributed by atoms with Crippen LogP contribution >= 0.6 is 11.8 Å². The molecule has 0 aliphatic heterocycles. The third kappa shape index (κ3) is 3.41. The van der Waals surface area contributed by atoms with Crippen molar-refractivity contribution in [2.75, 3.05) is 7.11 Å². The van der Waals surface area contributed by atoms with Crippen molar-refractivity contribution in [2.24, 2.45) is 0 Å². The average molecular weight is 393 g/mol. The number of aromatic nitrogens is 3. The first-order valence-electron chi connectivity index (χ1n) is 8.78. The third-order valence-electron chi connectivity index (χ3n) is 4.55. The van der Waals surface area contributed by atoms with Crippen LogP contribution in [0.25, 0.3) is 16.7 Å². The lowest BCUT2D eigenvalue weighted by Gasteiger charge is -2.11. The average Bonchev–Trinajstić information content (AvgIpc) is 3.06. The van der Waals surface area contributed by atoms with Gasteiger partial charge in [-0.1, -0.05) is 30.0 Å². The molecule has 0 saturated carbocycles. The van der Waals surface area contributed by atoms with Crippen molar-refractivity contribution in [3.05, 3.63) is 75.9 Å². The lowest BCUT2D eigenvalue weighted by Crippen LogP contribution is -2.03. The van der Waals surface area contributed by atoms with E-state index in [4.69, 9.17) is 9.15 Å². The molecule has 0 aliphatic rings. The van der Waals surface area contributed by atoms with Gasteiger partial charge in [0.2, 0.25) is 0 Å². The number of nitrogens with zero attached hydrogens (tertiary/aromatic N) is 3.